The summed E-state index contributed by atoms with van der Waals surface area (Å²) in [5, 5.41) is 4.79. The Morgan fingerprint density at radius 1 is 1.53 bits per heavy atom. The first-order valence-electron chi connectivity index (χ1n) is 5.93. The lowest BCUT2D eigenvalue weighted by Gasteiger charge is -2.06. The van der Waals surface area contributed by atoms with E-state index in [4.69, 9.17) is 4.74 Å². The highest BCUT2D eigenvalue weighted by molar-refractivity contribution is 7.98. The summed E-state index contributed by atoms with van der Waals surface area (Å²) in [5.74, 6) is 0.390. The molecule has 0 radical (unpaired) electrons. The standard InChI is InChI=1S/C13H15N3O2S/c1-3-18-13(17)11-5-4-6-14-12(11)19-9-10-7-15-16(2)8-10/h4-8H,3,9H2,1-2H3. The van der Waals surface area contributed by atoms with Crippen molar-refractivity contribution in [2.45, 2.75) is 17.7 Å². The number of carbonyl (C=O) groups excluding carboxylic acids is 1. The van der Waals surface area contributed by atoms with Crippen LogP contribution in [0, 0.1) is 0 Å². The van der Waals surface area contributed by atoms with Crippen LogP contribution in [-0.4, -0.2) is 27.3 Å². The number of rotatable bonds is 5. The molecule has 0 unspecified atom stereocenters. The summed E-state index contributed by atoms with van der Waals surface area (Å²) in [4.78, 5) is 16.0. The van der Waals surface area contributed by atoms with Crippen LogP contribution in [0.5, 0.6) is 0 Å². The molecule has 100 valence electrons. The highest BCUT2D eigenvalue weighted by Crippen LogP contribution is 2.24. The SMILES string of the molecule is CCOC(=O)c1cccnc1SCc1cnn(C)c1. The van der Waals surface area contributed by atoms with E-state index in [0.29, 0.717) is 17.2 Å². The van der Waals surface area contributed by atoms with E-state index >= 15 is 0 Å². The Morgan fingerprint density at radius 2 is 2.37 bits per heavy atom. The molecule has 2 aromatic heterocycles. The second-order valence-electron chi connectivity index (χ2n) is 3.89. The summed E-state index contributed by atoms with van der Waals surface area (Å²) < 4.78 is 6.77. The van der Waals surface area contributed by atoms with Gasteiger partial charge in [-0.15, -0.1) is 11.8 Å². The van der Waals surface area contributed by atoms with Gasteiger partial charge in [0.25, 0.3) is 0 Å². The van der Waals surface area contributed by atoms with E-state index in [1.807, 2.05) is 13.2 Å². The molecule has 0 atom stereocenters. The smallest absolute Gasteiger partial charge is 0.340 e. The van der Waals surface area contributed by atoms with Crippen molar-refractivity contribution in [2.24, 2.45) is 7.05 Å². The minimum Gasteiger partial charge on any atom is -0.462 e. The van der Waals surface area contributed by atoms with Crippen molar-refractivity contribution in [3.8, 4) is 0 Å². The van der Waals surface area contributed by atoms with E-state index < -0.39 is 0 Å². The topological polar surface area (TPSA) is 57.0 Å². The maximum Gasteiger partial charge on any atom is 0.340 e. The summed E-state index contributed by atoms with van der Waals surface area (Å²) in [7, 11) is 1.87. The lowest BCUT2D eigenvalue weighted by atomic mass is 10.3. The number of carbonyl (C=O) groups is 1. The summed E-state index contributed by atoms with van der Waals surface area (Å²) in [6, 6.07) is 3.47. The highest BCUT2D eigenvalue weighted by atomic mass is 32.2. The average molecular weight is 277 g/mol. The second kappa shape index (κ2) is 6.38. The van der Waals surface area contributed by atoms with Gasteiger partial charge in [-0.05, 0) is 19.1 Å². The molecule has 6 heteroatoms. The third kappa shape index (κ3) is 3.57. The minimum atomic E-state index is -0.329. The predicted molar refractivity (Wildman–Crippen MR) is 73.0 cm³/mol. The Kier molecular flexibility index (Phi) is 4.57. The van der Waals surface area contributed by atoms with E-state index in [0.717, 1.165) is 11.3 Å². The minimum absolute atomic E-state index is 0.329. The largest absolute Gasteiger partial charge is 0.462 e. The maximum absolute atomic E-state index is 11.8. The fourth-order valence-electron chi connectivity index (χ4n) is 1.57. The molecule has 0 aliphatic heterocycles. The van der Waals surface area contributed by atoms with Gasteiger partial charge in [0, 0.05) is 30.8 Å². The van der Waals surface area contributed by atoms with Crippen molar-refractivity contribution in [1.29, 1.82) is 0 Å². The first kappa shape index (κ1) is 13.6. The van der Waals surface area contributed by atoms with E-state index in [2.05, 4.69) is 10.1 Å². The fourth-order valence-corrected chi connectivity index (χ4v) is 2.46. The number of nitrogens with zero attached hydrogens (tertiary/aromatic N) is 3. The van der Waals surface area contributed by atoms with Gasteiger partial charge in [-0.1, -0.05) is 0 Å². The summed E-state index contributed by atoms with van der Waals surface area (Å²) in [5.41, 5.74) is 1.60. The molecule has 0 N–H and O–H groups in total. The molecule has 0 bridgehead atoms. The summed E-state index contributed by atoms with van der Waals surface area (Å²) in [6.07, 6.45) is 5.42. The number of hydrogen-bond acceptors (Lipinski definition) is 5. The number of thioether (sulfide) groups is 1. The van der Waals surface area contributed by atoms with Crippen LogP contribution in [0.15, 0.2) is 35.7 Å². The van der Waals surface area contributed by atoms with Crippen molar-refractivity contribution in [1.82, 2.24) is 14.8 Å². The zero-order chi connectivity index (χ0) is 13.7. The van der Waals surface area contributed by atoms with Gasteiger partial charge in [-0.2, -0.15) is 5.10 Å². The van der Waals surface area contributed by atoms with Crippen LogP contribution in [0.25, 0.3) is 0 Å². The molecule has 0 fully saturated rings. The van der Waals surface area contributed by atoms with Crippen molar-refractivity contribution >= 4 is 17.7 Å². The normalized spacial score (nSPS) is 10.4. The van der Waals surface area contributed by atoms with Crippen molar-refractivity contribution in [3.05, 3.63) is 41.9 Å². The van der Waals surface area contributed by atoms with Crippen molar-refractivity contribution < 1.29 is 9.53 Å². The van der Waals surface area contributed by atoms with Gasteiger partial charge in [0.1, 0.15) is 5.03 Å². The van der Waals surface area contributed by atoms with Gasteiger partial charge in [0.2, 0.25) is 0 Å². The van der Waals surface area contributed by atoms with Crippen LogP contribution in [0.3, 0.4) is 0 Å². The molecular formula is C13H15N3O2S. The average Bonchev–Trinajstić information content (AvgIpc) is 2.83. The van der Waals surface area contributed by atoms with Crippen LogP contribution in [0.2, 0.25) is 0 Å². The van der Waals surface area contributed by atoms with Gasteiger partial charge < -0.3 is 4.74 Å². The Labute approximate surface area is 116 Å². The quantitative estimate of drug-likeness (QED) is 0.620. The van der Waals surface area contributed by atoms with Gasteiger partial charge >= 0.3 is 5.97 Å². The Balaban J connectivity index is 2.09. The lowest BCUT2D eigenvalue weighted by molar-refractivity contribution is 0.0521. The number of hydrogen-bond donors (Lipinski definition) is 0. The van der Waals surface area contributed by atoms with Gasteiger partial charge in [0.15, 0.2) is 0 Å². The van der Waals surface area contributed by atoms with Crippen LogP contribution in [0.4, 0.5) is 0 Å². The molecule has 0 aliphatic carbocycles. The molecule has 5 nitrogen and oxygen atoms in total. The molecule has 0 aliphatic rings. The van der Waals surface area contributed by atoms with Gasteiger partial charge in [-0.25, -0.2) is 9.78 Å². The first-order chi connectivity index (χ1) is 9.20. The zero-order valence-corrected chi connectivity index (χ0v) is 11.7. The maximum atomic E-state index is 11.8. The van der Waals surface area contributed by atoms with Crippen LogP contribution in [0.1, 0.15) is 22.8 Å². The third-order valence-corrected chi connectivity index (χ3v) is 3.48. The van der Waals surface area contributed by atoms with Gasteiger partial charge in [0.05, 0.1) is 18.4 Å². The zero-order valence-electron chi connectivity index (χ0n) is 10.9. The van der Waals surface area contributed by atoms with Gasteiger partial charge in [-0.3, -0.25) is 4.68 Å². The number of aryl methyl sites for hydroxylation is 1. The molecule has 0 saturated heterocycles. The number of ether oxygens (including phenoxy) is 1. The highest BCUT2D eigenvalue weighted by Gasteiger charge is 2.13. The monoisotopic (exact) mass is 277 g/mol. The molecule has 2 rings (SSSR count). The second-order valence-corrected chi connectivity index (χ2v) is 4.85. The molecule has 0 aromatic carbocycles. The van der Waals surface area contributed by atoms with Crippen molar-refractivity contribution in [3.63, 3.8) is 0 Å². The Bertz CT molecular complexity index is 569. The Morgan fingerprint density at radius 3 is 3.05 bits per heavy atom. The van der Waals surface area contributed by atoms with E-state index in [1.54, 1.807) is 36.1 Å². The predicted octanol–water partition coefficient (Wildman–Crippen LogP) is 2.28. The molecular weight excluding hydrogens is 262 g/mol. The number of pyridine rings is 1. The van der Waals surface area contributed by atoms with E-state index in [-0.39, 0.29) is 5.97 Å². The molecule has 19 heavy (non-hydrogen) atoms. The third-order valence-electron chi connectivity index (χ3n) is 2.40. The molecule has 0 spiro atoms. The summed E-state index contributed by atoms with van der Waals surface area (Å²) >= 11 is 1.50. The van der Waals surface area contributed by atoms with E-state index in [1.165, 1.54) is 11.8 Å². The molecule has 2 heterocycles. The Hall–Kier alpha value is -1.82. The summed E-state index contributed by atoms with van der Waals surface area (Å²) in [6.45, 7) is 2.15. The molecule has 0 amide bonds. The first-order valence-corrected chi connectivity index (χ1v) is 6.91. The lowest BCUT2D eigenvalue weighted by Crippen LogP contribution is -2.07. The van der Waals surface area contributed by atoms with Crippen LogP contribution in [-0.2, 0) is 17.5 Å². The number of esters is 1. The van der Waals surface area contributed by atoms with E-state index in [9.17, 15) is 4.79 Å². The van der Waals surface area contributed by atoms with Crippen LogP contribution >= 0.6 is 11.8 Å². The fraction of sp³-hybridized carbons (Fsp3) is 0.308. The molecule has 0 saturated carbocycles. The van der Waals surface area contributed by atoms with Crippen molar-refractivity contribution in [2.75, 3.05) is 6.61 Å². The number of aromatic nitrogens is 3. The molecule has 2 aromatic rings. The van der Waals surface area contributed by atoms with Crippen LogP contribution < -0.4 is 0 Å².